The highest BCUT2D eigenvalue weighted by Gasteiger charge is 2.26. The van der Waals surface area contributed by atoms with Crippen LogP contribution in [0.5, 0.6) is 0 Å². The Balaban J connectivity index is 1.74. The van der Waals surface area contributed by atoms with Crippen LogP contribution in [0.25, 0.3) is 0 Å². The number of hydrogen-bond acceptors (Lipinski definition) is 2. The van der Waals surface area contributed by atoms with E-state index in [4.69, 9.17) is 4.74 Å². The molecular weight excluding hydrogens is 216 g/mol. The second-order valence-electron chi connectivity index (χ2n) is 5.58. The Hall–Kier alpha value is -0.770. The second-order valence-corrected chi connectivity index (χ2v) is 5.58. The van der Waals surface area contributed by atoms with Crippen LogP contribution >= 0.6 is 0 Å². The fourth-order valence-electron chi connectivity index (χ4n) is 2.68. The number of carbonyl (C=O) groups is 1. The highest BCUT2D eigenvalue weighted by molar-refractivity contribution is 5.74. The molecule has 1 N–H and O–H groups in total. The van der Waals surface area contributed by atoms with E-state index in [0.29, 0.717) is 6.61 Å². The Morgan fingerprint density at radius 1 is 1.29 bits per heavy atom. The van der Waals surface area contributed by atoms with Crippen molar-refractivity contribution >= 4 is 6.03 Å². The smallest absolute Gasteiger partial charge is 0.317 e. The van der Waals surface area contributed by atoms with E-state index in [1.54, 1.807) is 0 Å². The number of piperidine rings is 1. The minimum absolute atomic E-state index is 0.0997. The van der Waals surface area contributed by atoms with Gasteiger partial charge in [0.15, 0.2) is 0 Å². The summed E-state index contributed by atoms with van der Waals surface area (Å²) in [6.07, 6.45) is 3.24. The maximum Gasteiger partial charge on any atom is 0.317 e. The molecule has 17 heavy (non-hydrogen) atoms. The van der Waals surface area contributed by atoms with Gasteiger partial charge in [-0.3, -0.25) is 0 Å². The Morgan fingerprint density at radius 2 is 2.00 bits per heavy atom. The van der Waals surface area contributed by atoms with Crippen molar-refractivity contribution in [1.29, 1.82) is 0 Å². The number of likely N-dealkylation sites (tertiary alicyclic amines) is 1. The molecule has 2 rings (SSSR count). The number of hydrogen-bond donors (Lipinski definition) is 1. The number of amides is 2. The van der Waals surface area contributed by atoms with Crippen molar-refractivity contribution in [2.45, 2.75) is 39.2 Å². The summed E-state index contributed by atoms with van der Waals surface area (Å²) in [6, 6.07) is 0.327. The molecular formula is C13H24N2O2. The molecule has 2 amide bonds. The number of nitrogens with one attached hydrogen (secondary N) is 1. The first kappa shape index (κ1) is 12.7. The highest BCUT2D eigenvalue weighted by Crippen LogP contribution is 2.24. The lowest BCUT2D eigenvalue weighted by molar-refractivity contribution is 0.150. The van der Waals surface area contributed by atoms with E-state index in [-0.39, 0.29) is 12.1 Å². The third-order valence-corrected chi connectivity index (χ3v) is 4.03. The summed E-state index contributed by atoms with van der Waals surface area (Å²) < 4.78 is 5.26. The van der Waals surface area contributed by atoms with Crippen molar-refractivity contribution in [3.05, 3.63) is 0 Å². The zero-order valence-electron chi connectivity index (χ0n) is 10.9. The van der Waals surface area contributed by atoms with Crippen LogP contribution in [0.2, 0.25) is 0 Å². The molecule has 1 unspecified atom stereocenters. The lowest BCUT2D eigenvalue weighted by Gasteiger charge is -2.34. The Morgan fingerprint density at radius 3 is 2.53 bits per heavy atom. The molecule has 2 fully saturated rings. The molecule has 4 heteroatoms. The van der Waals surface area contributed by atoms with E-state index in [2.05, 4.69) is 19.2 Å². The summed E-state index contributed by atoms with van der Waals surface area (Å²) in [7, 11) is 0. The Bertz CT molecular complexity index is 254. The third-order valence-electron chi connectivity index (χ3n) is 4.03. The third kappa shape index (κ3) is 3.35. The standard InChI is InChI=1S/C13H24N2O2/c1-10(2)11-3-6-15(7-4-11)13(16)14-12-5-8-17-9-12/h10-12H,3-9H2,1-2H3,(H,14,16). The molecule has 2 aliphatic heterocycles. The Labute approximate surface area is 104 Å². The van der Waals surface area contributed by atoms with E-state index in [9.17, 15) is 4.79 Å². The number of nitrogens with zero attached hydrogens (tertiary/aromatic N) is 1. The first-order chi connectivity index (χ1) is 8.16. The molecule has 98 valence electrons. The minimum Gasteiger partial charge on any atom is -0.379 e. The normalized spacial score (nSPS) is 26.5. The van der Waals surface area contributed by atoms with Gasteiger partial charge >= 0.3 is 6.03 Å². The van der Waals surface area contributed by atoms with Crippen molar-refractivity contribution in [2.75, 3.05) is 26.3 Å². The van der Waals surface area contributed by atoms with Gasteiger partial charge in [-0.2, -0.15) is 0 Å². The lowest BCUT2D eigenvalue weighted by atomic mass is 9.87. The summed E-state index contributed by atoms with van der Waals surface area (Å²) in [5.41, 5.74) is 0. The molecule has 2 heterocycles. The average Bonchev–Trinajstić information content (AvgIpc) is 2.82. The van der Waals surface area contributed by atoms with Crippen LogP contribution in [0.15, 0.2) is 0 Å². The van der Waals surface area contributed by atoms with Gasteiger partial charge in [-0.15, -0.1) is 0 Å². The Kier molecular flexibility index (Phi) is 4.26. The van der Waals surface area contributed by atoms with Crippen LogP contribution in [-0.4, -0.2) is 43.3 Å². The predicted octanol–water partition coefficient (Wildman–Crippen LogP) is 1.85. The van der Waals surface area contributed by atoms with Crippen LogP contribution in [0.3, 0.4) is 0 Å². The van der Waals surface area contributed by atoms with Gasteiger partial charge in [-0.05, 0) is 31.1 Å². The molecule has 0 radical (unpaired) electrons. The van der Waals surface area contributed by atoms with Crippen molar-refractivity contribution in [1.82, 2.24) is 10.2 Å². The van der Waals surface area contributed by atoms with E-state index in [0.717, 1.165) is 50.8 Å². The summed E-state index contributed by atoms with van der Waals surface area (Å²) in [5.74, 6) is 1.53. The van der Waals surface area contributed by atoms with E-state index in [1.807, 2.05) is 4.90 Å². The quantitative estimate of drug-likeness (QED) is 0.800. The molecule has 4 nitrogen and oxygen atoms in total. The topological polar surface area (TPSA) is 41.6 Å². The fourth-order valence-corrected chi connectivity index (χ4v) is 2.68. The predicted molar refractivity (Wildman–Crippen MR) is 66.9 cm³/mol. The fraction of sp³-hybridized carbons (Fsp3) is 0.923. The van der Waals surface area contributed by atoms with Crippen molar-refractivity contribution in [3.8, 4) is 0 Å². The molecule has 0 aromatic heterocycles. The van der Waals surface area contributed by atoms with Crippen LogP contribution in [0.1, 0.15) is 33.1 Å². The molecule has 0 bridgehead atoms. The minimum atomic E-state index is 0.0997. The van der Waals surface area contributed by atoms with Gasteiger partial charge in [0, 0.05) is 19.7 Å². The van der Waals surface area contributed by atoms with Gasteiger partial charge in [-0.1, -0.05) is 13.8 Å². The summed E-state index contributed by atoms with van der Waals surface area (Å²) in [5, 5.41) is 3.05. The molecule has 0 aromatic carbocycles. The maximum atomic E-state index is 12.0. The molecule has 2 saturated heterocycles. The summed E-state index contributed by atoms with van der Waals surface area (Å²) >= 11 is 0. The molecule has 0 aromatic rings. The SMILES string of the molecule is CC(C)C1CCN(C(=O)NC2CCOC2)CC1. The van der Waals surface area contributed by atoms with Crippen LogP contribution < -0.4 is 5.32 Å². The van der Waals surface area contributed by atoms with Crippen molar-refractivity contribution in [3.63, 3.8) is 0 Å². The number of ether oxygens (including phenoxy) is 1. The monoisotopic (exact) mass is 240 g/mol. The molecule has 2 aliphatic rings. The number of rotatable bonds is 2. The van der Waals surface area contributed by atoms with Gasteiger partial charge < -0.3 is 15.0 Å². The first-order valence-corrected chi connectivity index (χ1v) is 6.80. The zero-order chi connectivity index (χ0) is 12.3. The maximum absolute atomic E-state index is 12.0. The molecule has 1 atom stereocenters. The first-order valence-electron chi connectivity index (χ1n) is 6.80. The average molecular weight is 240 g/mol. The summed E-state index contributed by atoms with van der Waals surface area (Å²) in [6.45, 7) is 7.81. The van der Waals surface area contributed by atoms with E-state index < -0.39 is 0 Å². The number of carbonyl (C=O) groups excluding carboxylic acids is 1. The summed E-state index contributed by atoms with van der Waals surface area (Å²) in [4.78, 5) is 13.9. The lowest BCUT2D eigenvalue weighted by Crippen LogP contribution is -2.48. The zero-order valence-corrected chi connectivity index (χ0v) is 10.9. The highest BCUT2D eigenvalue weighted by atomic mass is 16.5. The van der Waals surface area contributed by atoms with Crippen LogP contribution in [0, 0.1) is 11.8 Å². The molecule has 0 saturated carbocycles. The van der Waals surface area contributed by atoms with Gasteiger partial charge in [0.2, 0.25) is 0 Å². The van der Waals surface area contributed by atoms with Crippen LogP contribution in [-0.2, 0) is 4.74 Å². The number of urea groups is 1. The van der Waals surface area contributed by atoms with Crippen molar-refractivity contribution in [2.24, 2.45) is 11.8 Å². The molecule has 0 spiro atoms. The largest absolute Gasteiger partial charge is 0.379 e. The van der Waals surface area contributed by atoms with Gasteiger partial charge in [-0.25, -0.2) is 4.79 Å². The second kappa shape index (κ2) is 5.71. The van der Waals surface area contributed by atoms with Gasteiger partial charge in [0.25, 0.3) is 0 Å². The van der Waals surface area contributed by atoms with Crippen LogP contribution in [0.4, 0.5) is 4.79 Å². The van der Waals surface area contributed by atoms with Gasteiger partial charge in [0.1, 0.15) is 0 Å². The molecule has 0 aliphatic carbocycles. The van der Waals surface area contributed by atoms with E-state index >= 15 is 0 Å². The van der Waals surface area contributed by atoms with Gasteiger partial charge in [0.05, 0.1) is 12.6 Å². The van der Waals surface area contributed by atoms with Crippen molar-refractivity contribution < 1.29 is 9.53 Å². The van der Waals surface area contributed by atoms with E-state index in [1.165, 1.54) is 0 Å².